The molecule has 6 heteroatoms. The molecule has 100 valence electrons. The van der Waals surface area contributed by atoms with Crippen molar-refractivity contribution in [1.82, 2.24) is 10.9 Å². The predicted octanol–water partition coefficient (Wildman–Crippen LogP) is 0.477. The lowest BCUT2D eigenvalue weighted by atomic mass is 10.1. The van der Waals surface area contributed by atoms with Gasteiger partial charge in [0.1, 0.15) is 0 Å². The predicted molar refractivity (Wildman–Crippen MR) is 66.2 cm³/mol. The van der Waals surface area contributed by atoms with Crippen LogP contribution >= 0.6 is 0 Å². The summed E-state index contributed by atoms with van der Waals surface area (Å²) in [4.78, 5) is 21.6. The number of nitrogens with two attached hydrogens (primary N) is 2. The van der Waals surface area contributed by atoms with E-state index in [-0.39, 0.29) is 11.8 Å². The Bertz CT molecular complexity index is 200. The second kappa shape index (κ2) is 11.3. The minimum Gasteiger partial charge on any atom is -0.294 e. The van der Waals surface area contributed by atoms with Gasteiger partial charge in [0, 0.05) is 12.8 Å². The molecule has 0 spiro atoms. The van der Waals surface area contributed by atoms with Gasteiger partial charge in [-0.2, -0.15) is 0 Å². The van der Waals surface area contributed by atoms with Crippen molar-refractivity contribution in [1.29, 1.82) is 0 Å². The molecule has 17 heavy (non-hydrogen) atoms. The Hall–Kier alpha value is -1.14. The van der Waals surface area contributed by atoms with E-state index in [9.17, 15) is 9.59 Å². The van der Waals surface area contributed by atoms with Crippen LogP contribution in [0.5, 0.6) is 0 Å². The Morgan fingerprint density at radius 1 is 0.647 bits per heavy atom. The van der Waals surface area contributed by atoms with E-state index >= 15 is 0 Å². The average Bonchev–Trinajstić information content (AvgIpc) is 2.35. The summed E-state index contributed by atoms with van der Waals surface area (Å²) in [5.74, 6) is 9.73. The molecule has 0 saturated heterocycles. The number of amides is 2. The molecular formula is C11H24N4O2. The van der Waals surface area contributed by atoms with Crippen molar-refractivity contribution in [3.63, 3.8) is 0 Å². The van der Waals surface area contributed by atoms with Crippen molar-refractivity contribution < 1.29 is 9.59 Å². The molecule has 0 atom stereocenters. The molecular weight excluding hydrogens is 220 g/mol. The summed E-state index contributed by atoms with van der Waals surface area (Å²) in [6.45, 7) is 0. The third-order valence-corrected chi connectivity index (χ3v) is 2.63. The fraction of sp³-hybridized carbons (Fsp3) is 0.818. The van der Waals surface area contributed by atoms with Gasteiger partial charge in [0.15, 0.2) is 0 Å². The van der Waals surface area contributed by atoms with E-state index in [4.69, 9.17) is 11.7 Å². The number of carbonyl (C=O) groups is 2. The van der Waals surface area contributed by atoms with Crippen LogP contribution in [0.4, 0.5) is 0 Å². The van der Waals surface area contributed by atoms with Gasteiger partial charge in [-0.05, 0) is 12.8 Å². The van der Waals surface area contributed by atoms with Crippen LogP contribution in [0.2, 0.25) is 0 Å². The van der Waals surface area contributed by atoms with E-state index < -0.39 is 0 Å². The SMILES string of the molecule is NNC(=O)CCCCCCCCCC(=O)NN. The Balaban J connectivity index is 3.08. The highest BCUT2D eigenvalue weighted by molar-refractivity contribution is 5.75. The molecule has 2 amide bonds. The lowest BCUT2D eigenvalue weighted by Gasteiger charge is -2.02. The van der Waals surface area contributed by atoms with Gasteiger partial charge in [-0.3, -0.25) is 20.4 Å². The molecule has 0 rings (SSSR count). The number of rotatable bonds is 10. The van der Waals surface area contributed by atoms with Gasteiger partial charge >= 0.3 is 0 Å². The van der Waals surface area contributed by atoms with Crippen LogP contribution in [-0.2, 0) is 9.59 Å². The Morgan fingerprint density at radius 2 is 0.941 bits per heavy atom. The molecule has 6 nitrogen and oxygen atoms in total. The van der Waals surface area contributed by atoms with Crippen molar-refractivity contribution in [2.24, 2.45) is 11.7 Å². The maximum absolute atomic E-state index is 10.8. The normalized spacial score (nSPS) is 10.0. The first-order chi connectivity index (χ1) is 8.20. The van der Waals surface area contributed by atoms with E-state index in [1.807, 2.05) is 0 Å². The van der Waals surface area contributed by atoms with E-state index in [0.29, 0.717) is 12.8 Å². The second-order valence-electron chi connectivity index (χ2n) is 4.11. The molecule has 0 heterocycles. The van der Waals surface area contributed by atoms with Crippen molar-refractivity contribution in [3.05, 3.63) is 0 Å². The Morgan fingerprint density at radius 3 is 1.24 bits per heavy atom. The molecule has 6 N–H and O–H groups in total. The molecule has 0 aromatic carbocycles. The topological polar surface area (TPSA) is 110 Å². The first kappa shape index (κ1) is 15.9. The third kappa shape index (κ3) is 11.1. The molecule has 0 unspecified atom stereocenters. The number of hydrogen-bond donors (Lipinski definition) is 4. The molecule has 0 saturated carbocycles. The largest absolute Gasteiger partial charge is 0.294 e. The first-order valence-corrected chi connectivity index (χ1v) is 6.19. The maximum atomic E-state index is 10.8. The minimum atomic E-state index is -0.0993. The van der Waals surface area contributed by atoms with Crippen LogP contribution in [-0.4, -0.2) is 11.8 Å². The van der Waals surface area contributed by atoms with Gasteiger partial charge in [-0.1, -0.05) is 32.1 Å². The van der Waals surface area contributed by atoms with Gasteiger partial charge in [0.2, 0.25) is 11.8 Å². The van der Waals surface area contributed by atoms with E-state index in [1.54, 1.807) is 0 Å². The highest BCUT2D eigenvalue weighted by Gasteiger charge is 1.99. The number of nitrogens with one attached hydrogen (secondary N) is 2. The van der Waals surface area contributed by atoms with E-state index in [2.05, 4.69) is 10.9 Å². The fourth-order valence-corrected chi connectivity index (χ4v) is 1.60. The zero-order chi connectivity index (χ0) is 12.9. The van der Waals surface area contributed by atoms with Gasteiger partial charge in [0.05, 0.1) is 0 Å². The molecule has 0 aromatic heterocycles. The van der Waals surface area contributed by atoms with Crippen molar-refractivity contribution in [2.75, 3.05) is 0 Å². The van der Waals surface area contributed by atoms with Crippen LogP contribution in [0.1, 0.15) is 57.8 Å². The summed E-state index contributed by atoms with van der Waals surface area (Å²) in [6, 6.07) is 0. The fourth-order valence-electron chi connectivity index (χ4n) is 1.60. The minimum absolute atomic E-state index is 0.0993. The highest BCUT2D eigenvalue weighted by Crippen LogP contribution is 2.09. The van der Waals surface area contributed by atoms with Crippen molar-refractivity contribution in [2.45, 2.75) is 57.8 Å². The molecule has 0 aliphatic carbocycles. The quantitative estimate of drug-likeness (QED) is 0.194. The summed E-state index contributed by atoms with van der Waals surface area (Å²) in [5, 5.41) is 0. The lowest BCUT2D eigenvalue weighted by Crippen LogP contribution is -2.29. The van der Waals surface area contributed by atoms with Crippen LogP contribution in [0, 0.1) is 0 Å². The van der Waals surface area contributed by atoms with Gasteiger partial charge in [-0.15, -0.1) is 0 Å². The number of carbonyl (C=O) groups excluding carboxylic acids is 2. The molecule has 0 fully saturated rings. The monoisotopic (exact) mass is 244 g/mol. The van der Waals surface area contributed by atoms with Gasteiger partial charge in [-0.25, -0.2) is 11.7 Å². The molecule has 0 bridgehead atoms. The number of hydrogen-bond acceptors (Lipinski definition) is 4. The Labute approximate surface area is 102 Å². The lowest BCUT2D eigenvalue weighted by molar-refractivity contribution is -0.122. The Kier molecular flexibility index (Phi) is 10.6. The summed E-state index contributed by atoms with van der Waals surface area (Å²) in [5.41, 5.74) is 4.23. The van der Waals surface area contributed by atoms with E-state index in [0.717, 1.165) is 44.9 Å². The summed E-state index contributed by atoms with van der Waals surface area (Å²) >= 11 is 0. The maximum Gasteiger partial charge on any atom is 0.233 e. The van der Waals surface area contributed by atoms with Crippen LogP contribution in [0.15, 0.2) is 0 Å². The first-order valence-electron chi connectivity index (χ1n) is 6.19. The summed E-state index contributed by atoms with van der Waals surface area (Å²) in [6.07, 6.45) is 8.29. The summed E-state index contributed by atoms with van der Waals surface area (Å²) < 4.78 is 0. The number of hydrazine groups is 2. The molecule has 0 aliphatic rings. The second-order valence-corrected chi connectivity index (χ2v) is 4.11. The highest BCUT2D eigenvalue weighted by atomic mass is 16.2. The molecule has 0 radical (unpaired) electrons. The van der Waals surface area contributed by atoms with E-state index in [1.165, 1.54) is 0 Å². The third-order valence-electron chi connectivity index (χ3n) is 2.63. The molecule has 0 aromatic rings. The zero-order valence-corrected chi connectivity index (χ0v) is 10.3. The number of unbranched alkanes of at least 4 members (excludes halogenated alkanes) is 6. The smallest absolute Gasteiger partial charge is 0.233 e. The van der Waals surface area contributed by atoms with Gasteiger partial charge < -0.3 is 0 Å². The average molecular weight is 244 g/mol. The summed E-state index contributed by atoms with van der Waals surface area (Å²) in [7, 11) is 0. The zero-order valence-electron chi connectivity index (χ0n) is 10.3. The van der Waals surface area contributed by atoms with Crippen LogP contribution < -0.4 is 22.5 Å². The van der Waals surface area contributed by atoms with Crippen molar-refractivity contribution in [3.8, 4) is 0 Å². The standard InChI is InChI=1S/C11H24N4O2/c12-14-10(16)8-6-4-2-1-3-5-7-9-11(17)15-13/h1-9,12-13H2,(H,14,16)(H,15,17). The molecule has 0 aliphatic heterocycles. The van der Waals surface area contributed by atoms with Crippen LogP contribution in [0.3, 0.4) is 0 Å². The van der Waals surface area contributed by atoms with Crippen molar-refractivity contribution >= 4 is 11.8 Å². The van der Waals surface area contributed by atoms with Gasteiger partial charge in [0.25, 0.3) is 0 Å². The van der Waals surface area contributed by atoms with Crippen LogP contribution in [0.25, 0.3) is 0 Å².